The molecular formula is C17H21N5O. The molecule has 0 aliphatic carbocycles. The van der Waals surface area contributed by atoms with Crippen LogP contribution in [-0.2, 0) is 13.6 Å². The monoisotopic (exact) mass is 311 g/mol. The second kappa shape index (κ2) is 5.77. The van der Waals surface area contributed by atoms with Crippen LogP contribution in [0.3, 0.4) is 0 Å². The molecule has 2 aromatic rings. The van der Waals surface area contributed by atoms with Gasteiger partial charge >= 0.3 is 0 Å². The Kier molecular flexibility index (Phi) is 3.61. The third-order valence-electron chi connectivity index (χ3n) is 5.05. The summed E-state index contributed by atoms with van der Waals surface area (Å²) in [5.74, 6) is 0.699. The zero-order valence-corrected chi connectivity index (χ0v) is 13.3. The molecule has 0 spiro atoms. The van der Waals surface area contributed by atoms with Gasteiger partial charge in [0.05, 0.1) is 0 Å². The van der Waals surface area contributed by atoms with Crippen LogP contribution in [0.4, 0.5) is 0 Å². The number of aromatic nitrogens is 3. The molecule has 6 heteroatoms. The molecule has 2 aliphatic heterocycles. The topological polar surface area (TPSA) is 54.3 Å². The van der Waals surface area contributed by atoms with Crippen molar-refractivity contribution in [2.45, 2.75) is 19.0 Å². The molecule has 0 radical (unpaired) electrons. The van der Waals surface area contributed by atoms with Crippen LogP contribution in [0.1, 0.15) is 22.5 Å². The Morgan fingerprint density at radius 3 is 2.96 bits per heavy atom. The van der Waals surface area contributed by atoms with Crippen LogP contribution >= 0.6 is 0 Å². The van der Waals surface area contributed by atoms with Gasteiger partial charge in [-0.15, -0.1) is 0 Å². The first-order chi connectivity index (χ1) is 11.2. The van der Waals surface area contributed by atoms with Crippen molar-refractivity contribution >= 4 is 5.91 Å². The maximum absolute atomic E-state index is 12.8. The van der Waals surface area contributed by atoms with Gasteiger partial charge in [-0.05, 0) is 30.0 Å². The zero-order valence-electron chi connectivity index (χ0n) is 13.3. The third-order valence-corrected chi connectivity index (χ3v) is 5.05. The van der Waals surface area contributed by atoms with Crippen LogP contribution in [0.25, 0.3) is 0 Å². The summed E-state index contributed by atoms with van der Waals surface area (Å²) < 4.78 is 1.66. The molecular weight excluding hydrogens is 290 g/mol. The van der Waals surface area contributed by atoms with Gasteiger partial charge in [-0.3, -0.25) is 19.4 Å². The van der Waals surface area contributed by atoms with E-state index < -0.39 is 0 Å². The molecule has 6 nitrogen and oxygen atoms in total. The van der Waals surface area contributed by atoms with E-state index in [4.69, 9.17) is 0 Å². The van der Waals surface area contributed by atoms with Gasteiger partial charge in [-0.1, -0.05) is 6.07 Å². The summed E-state index contributed by atoms with van der Waals surface area (Å²) in [6.45, 7) is 3.78. The highest BCUT2D eigenvalue weighted by Gasteiger charge is 2.43. The van der Waals surface area contributed by atoms with Gasteiger partial charge < -0.3 is 4.90 Å². The highest BCUT2D eigenvalue weighted by molar-refractivity contribution is 5.93. The van der Waals surface area contributed by atoms with E-state index in [1.54, 1.807) is 23.1 Å². The SMILES string of the molecule is Cn1nccc1C(=O)N1CC[C@H]2CN(Cc3cccnc3)C[C@H]21. The zero-order chi connectivity index (χ0) is 15.8. The molecule has 0 unspecified atom stereocenters. The Bertz CT molecular complexity index is 698. The summed E-state index contributed by atoms with van der Waals surface area (Å²) in [5.41, 5.74) is 1.91. The van der Waals surface area contributed by atoms with E-state index in [2.05, 4.69) is 21.0 Å². The lowest BCUT2D eigenvalue weighted by Crippen LogP contribution is -2.40. The molecule has 2 atom stereocenters. The number of nitrogens with zero attached hydrogens (tertiary/aromatic N) is 5. The molecule has 23 heavy (non-hydrogen) atoms. The summed E-state index contributed by atoms with van der Waals surface area (Å²) in [5, 5.41) is 4.12. The molecule has 2 saturated heterocycles. The Morgan fingerprint density at radius 2 is 2.22 bits per heavy atom. The number of hydrogen-bond donors (Lipinski definition) is 0. The first kappa shape index (κ1) is 14.4. The Hall–Kier alpha value is -2.21. The molecule has 0 bridgehead atoms. The minimum Gasteiger partial charge on any atom is -0.333 e. The summed E-state index contributed by atoms with van der Waals surface area (Å²) in [7, 11) is 1.82. The Morgan fingerprint density at radius 1 is 1.30 bits per heavy atom. The Labute approximate surface area is 135 Å². The molecule has 4 rings (SSSR count). The molecule has 120 valence electrons. The van der Waals surface area contributed by atoms with Crippen molar-refractivity contribution in [3.05, 3.63) is 48.0 Å². The number of rotatable bonds is 3. The molecule has 2 fully saturated rings. The average Bonchev–Trinajstić information content (AvgIpc) is 3.23. The molecule has 1 amide bonds. The molecule has 2 aromatic heterocycles. The summed E-state index contributed by atoms with van der Waals surface area (Å²) >= 11 is 0. The fraction of sp³-hybridized carbons (Fsp3) is 0.471. The van der Waals surface area contributed by atoms with Gasteiger partial charge in [0.1, 0.15) is 5.69 Å². The molecule has 2 aliphatic rings. The number of likely N-dealkylation sites (tertiary alicyclic amines) is 2. The quantitative estimate of drug-likeness (QED) is 0.853. The first-order valence-corrected chi connectivity index (χ1v) is 8.12. The number of aryl methyl sites for hydroxylation is 1. The second-order valence-electron chi connectivity index (χ2n) is 6.51. The minimum atomic E-state index is 0.112. The minimum absolute atomic E-state index is 0.112. The van der Waals surface area contributed by atoms with Gasteiger partial charge in [0.15, 0.2) is 0 Å². The highest BCUT2D eigenvalue weighted by atomic mass is 16.2. The van der Waals surface area contributed by atoms with E-state index >= 15 is 0 Å². The smallest absolute Gasteiger partial charge is 0.272 e. The van der Waals surface area contributed by atoms with Crippen LogP contribution in [0.2, 0.25) is 0 Å². The first-order valence-electron chi connectivity index (χ1n) is 8.12. The lowest BCUT2D eigenvalue weighted by molar-refractivity contribution is 0.0715. The van der Waals surface area contributed by atoms with Gasteiger partial charge in [-0.25, -0.2) is 0 Å². The van der Waals surface area contributed by atoms with E-state index in [-0.39, 0.29) is 5.91 Å². The fourth-order valence-electron chi connectivity index (χ4n) is 3.91. The number of carbonyl (C=O) groups excluding carboxylic acids is 1. The summed E-state index contributed by atoms with van der Waals surface area (Å²) in [4.78, 5) is 21.4. The van der Waals surface area contributed by atoms with E-state index in [1.165, 1.54) is 5.56 Å². The van der Waals surface area contributed by atoms with Crippen LogP contribution in [-0.4, -0.2) is 56.1 Å². The lowest BCUT2D eigenvalue weighted by Gasteiger charge is -2.25. The standard InChI is InChI=1S/C17H21N5O/c1-20-15(4-7-19-20)17(23)22-8-5-14-11-21(12-16(14)22)10-13-3-2-6-18-9-13/h2-4,6-7,9,14,16H,5,8,10-12H2,1H3/t14-,16+/m0/s1. The molecule has 4 heterocycles. The van der Waals surface area contributed by atoms with E-state index in [9.17, 15) is 4.79 Å². The van der Waals surface area contributed by atoms with Crippen molar-refractivity contribution < 1.29 is 4.79 Å². The highest BCUT2D eigenvalue weighted by Crippen LogP contribution is 2.33. The number of pyridine rings is 1. The predicted molar refractivity (Wildman–Crippen MR) is 85.7 cm³/mol. The number of carbonyl (C=O) groups is 1. The van der Waals surface area contributed by atoms with E-state index in [0.29, 0.717) is 17.7 Å². The van der Waals surface area contributed by atoms with Crippen molar-refractivity contribution in [2.24, 2.45) is 13.0 Å². The van der Waals surface area contributed by atoms with Gasteiger partial charge in [0.2, 0.25) is 0 Å². The van der Waals surface area contributed by atoms with Gasteiger partial charge in [0, 0.05) is 57.9 Å². The van der Waals surface area contributed by atoms with Crippen LogP contribution in [0.15, 0.2) is 36.8 Å². The van der Waals surface area contributed by atoms with Crippen molar-refractivity contribution in [1.29, 1.82) is 0 Å². The predicted octanol–water partition coefficient (Wildman–Crippen LogP) is 1.16. The maximum Gasteiger partial charge on any atom is 0.272 e. The molecule has 0 saturated carbocycles. The lowest BCUT2D eigenvalue weighted by atomic mass is 10.1. The second-order valence-corrected chi connectivity index (χ2v) is 6.51. The van der Waals surface area contributed by atoms with Gasteiger partial charge in [-0.2, -0.15) is 5.10 Å². The van der Waals surface area contributed by atoms with Crippen LogP contribution in [0.5, 0.6) is 0 Å². The fourth-order valence-corrected chi connectivity index (χ4v) is 3.91. The third kappa shape index (κ3) is 2.63. The van der Waals surface area contributed by atoms with Crippen molar-refractivity contribution in [3.8, 4) is 0 Å². The summed E-state index contributed by atoms with van der Waals surface area (Å²) in [6, 6.07) is 6.22. The normalized spacial score (nSPS) is 24.1. The summed E-state index contributed by atoms with van der Waals surface area (Å²) in [6.07, 6.45) is 6.51. The molecule has 0 N–H and O–H groups in total. The number of hydrogen-bond acceptors (Lipinski definition) is 4. The number of fused-ring (bicyclic) bond motifs is 1. The average molecular weight is 311 g/mol. The van der Waals surface area contributed by atoms with Crippen LogP contribution < -0.4 is 0 Å². The van der Waals surface area contributed by atoms with E-state index in [0.717, 1.165) is 32.6 Å². The van der Waals surface area contributed by atoms with Gasteiger partial charge in [0.25, 0.3) is 5.91 Å². The van der Waals surface area contributed by atoms with Crippen molar-refractivity contribution in [3.63, 3.8) is 0 Å². The Balaban J connectivity index is 1.45. The number of amides is 1. The van der Waals surface area contributed by atoms with Crippen molar-refractivity contribution in [1.82, 2.24) is 24.6 Å². The van der Waals surface area contributed by atoms with Crippen LogP contribution in [0, 0.1) is 5.92 Å². The maximum atomic E-state index is 12.8. The van der Waals surface area contributed by atoms with Crippen molar-refractivity contribution in [2.75, 3.05) is 19.6 Å². The van der Waals surface area contributed by atoms with E-state index in [1.807, 2.05) is 24.2 Å². The largest absolute Gasteiger partial charge is 0.333 e. The molecule has 0 aromatic carbocycles.